The van der Waals surface area contributed by atoms with Crippen LogP contribution < -0.4 is 5.32 Å². The molecule has 1 unspecified atom stereocenters. The molecule has 0 aliphatic carbocycles. The smallest absolute Gasteiger partial charge is 0.336 e. The minimum absolute atomic E-state index is 0.264. The summed E-state index contributed by atoms with van der Waals surface area (Å²) in [4.78, 5) is 10.8. The maximum Gasteiger partial charge on any atom is 0.336 e. The van der Waals surface area contributed by atoms with Gasteiger partial charge in [0, 0.05) is 29.9 Å². The molecule has 0 heterocycles. The lowest BCUT2D eigenvalue weighted by Crippen LogP contribution is -2.17. The summed E-state index contributed by atoms with van der Waals surface area (Å²) < 4.78 is 5.58. The standard InChI is InChI=1S/C12H16BrNO3/c1-8(5-6-17-2)14-9-3-4-10(12(15)16)11(13)7-9/h3-4,7-8,14H,5-6H2,1-2H3,(H,15,16). The maximum atomic E-state index is 10.8. The second kappa shape index (κ2) is 6.61. The first-order chi connectivity index (χ1) is 8.04. The van der Waals surface area contributed by atoms with Gasteiger partial charge in [-0.25, -0.2) is 4.79 Å². The molecule has 0 spiro atoms. The molecule has 2 N–H and O–H groups in total. The molecular formula is C12H16BrNO3. The Hall–Kier alpha value is -1.07. The fourth-order valence-electron chi connectivity index (χ4n) is 1.43. The predicted molar refractivity (Wildman–Crippen MR) is 70.7 cm³/mol. The van der Waals surface area contributed by atoms with Crippen LogP contribution in [0.25, 0.3) is 0 Å². The Kier molecular flexibility index (Phi) is 5.44. The minimum atomic E-state index is -0.934. The van der Waals surface area contributed by atoms with Gasteiger partial charge in [-0.3, -0.25) is 0 Å². The second-order valence-corrected chi connectivity index (χ2v) is 4.68. The molecule has 4 nitrogen and oxygen atoms in total. The molecule has 0 radical (unpaired) electrons. The van der Waals surface area contributed by atoms with Crippen LogP contribution in [0.15, 0.2) is 22.7 Å². The summed E-state index contributed by atoms with van der Waals surface area (Å²) in [7, 11) is 1.67. The highest BCUT2D eigenvalue weighted by molar-refractivity contribution is 9.10. The summed E-state index contributed by atoms with van der Waals surface area (Å²) in [5.74, 6) is -0.934. The largest absolute Gasteiger partial charge is 0.478 e. The van der Waals surface area contributed by atoms with Crippen LogP contribution in [-0.4, -0.2) is 30.8 Å². The van der Waals surface area contributed by atoms with Crippen LogP contribution in [0, 0.1) is 0 Å². The summed E-state index contributed by atoms with van der Waals surface area (Å²) in [5, 5.41) is 12.2. The molecule has 0 fully saturated rings. The third kappa shape index (κ3) is 4.36. The molecule has 1 rings (SSSR count). The first kappa shape index (κ1) is 14.0. The fourth-order valence-corrected chi connectivity index (χ4v) is 1.98. The summed E-state index contributed by atoms with van der Waals surface area (Å²) in [6.07, 6.45) is 0.898. The van der Waals surface area contributed by atoms with Gasteiger partial charge in [-0.15, -0.1) is 0 Å². The maximum absolute atomic E-state index is 10.8. The van der Waals surface area contributed by atoms with Gasteiger partial charge in [0.2, 0.25) is 0 Å². The van der Waals surface area contributed by atoms with Gasteiger partial charge in [0.05, 0.1) is 5.56 Å². The molecule has 0 bridgehead atoms. The third-order valence-corrected chi connectivity index (χ3v) is 3.02. The number of hydrogen-bond acceptors (Lipinski definition) is 3. The second-order valence-electron chi connectivity index (χ2n) is 3.83. The van der Waals surface area contributed by atoms with E-state index in [2.05, 4.69) is 28.2 Å². The monoisotopic (exact) mass is 301 g/mol. The molecule has 0 saturated heterocycles. The van der Waals surface area contributed by atoms with E-state index in [0.717, 1.165) is 12.1 Å². The summed E-state index contributed by atoms with van der Waals surface area (Å²) in [6, 6.07) is 5.39. The van der Waals surface area contributed by atoms with Crippen LogP contribution in [0.3, 0.4) is 0 Å². The quantitative estimate of drug-likeness (QED) is 0.848. The molecule has 0 saturated carbocycles. The molecule has 5 heteroatoms. The average molecular weight is 302 g/mol. The Labute approximate surface area is 109 Å². The lowest BCUT2D eigenvalue weighted by Gasteiger charge is -2.15. The van der Waals surface area contributed by atoms with Gasteiger partial charge in [0.1, 0.15) is 0 Å². The van der Waals surface area contributed by atoms with Gasteiger partial charge in [0.15, 0.2) is 0 Å². The predicted octanol–water partition coefficient (Wildman–Crippen LogP) is 2.98. The molecule has 1 aromatic rings. The highest BCUT2D eigenvalue weighted by Gasteiger charge is 2.09. The number of hydrogen-bond donors (Lipinski definition) is 2. The lowest BCUT2D eigenvalue weighted by molar-refractivity contribution is 0.0696. The fraction of sp³-hybridized carbons (Fsp3) is 0.417. The molecule has 1 atom stereocenters. The van der Waals surface area contributed by atoms with Crippen molar-refractivity contribution in [2.75, 3.05) is 19.0 Å². The number of carboxylic acids is 1. The van der Waals surface area contributed by atoms with E-state index < -0.39 is 5.97 Å². The first-order valence-electron chi connectivity index (χ1n) is 5.33. The number of aromatic carboxylic acids is 1. The SMILES string of the molecule is COCCC(C)Nc1ccc(C(=O)O)c(Br)c1. The summed E-state index contributed by atoms with van der Waals surface area (Å²) in [5.41, 5.74) is 1.16. The van der Waals surface area contributed by atoms with Crippen molar-refractivity contribution < 1.29 is 14.6 Å². The molecule has 94 valence electrons. The summed E-state index contributed by atoms with van der Waals surface area (Å²) >= 11 is 3.24. The molecule has 0 aliphatic heterocycles. The normalized spacial score (nSPS) is 12.2. The topological polar surface area (TPSA) is 58.6 Å². The highest BCUT2D eigenvalue weighted by Crippen LogP contribution is 2.22. The molecule has 17 heavy (non-hydrogen) atoms. The highest BCUT2D eigenvalue weighted by atomic mass is 79.9. The van der Waals surface area contributed by atoms with E-state index >= 15 is 0 Å². The van der Waals surface area contributed by atoms with Gasteiger partial charge in [0.25, 0.3) is 0 Å². The number of carboxylic acid groups (broad SMARTS) is 1. The van der Waals surface area contributed by atoms with Crippen molar-refractivity contribution in [1.29, 1.82) is 0 Å². The Morgan fingerprint density at radius 1 is 1.59 bits per heavy atom. The zero-order chi connectivity index (χ0) is 12.8. The van der Waals surface area contributed by atoms with E-state index in [1.54, 1.807) is 25.3 Å². The zero-order valence-electron chi connectivity index (χ0n) is 9.87. The van der Waals surface area contributed by atoms with E-state index in [1.807, 2.05) is 0 Å². The van der Waals surface area contributed by atoms with E-state index in [0.29, 0.717) is 11.1 Å². The van der Waals surface area contributed by atoms with Crippen molar-refractivity contribution in [3.05, 3.63) is 28.2 Å². The van der Waals surface area contributed by atoms with Crippen molar-refractivity contribution >= 4 is 27.6 Å². The molecule has 0 amide bonds. The van der Waals surface area contributed by atoms with E-state index in [-0.39, 0.29) is 11.6 Å². The number of benzene rings is 1. The number of methoxy groups -OCH3 is 1. The first-order valence-corrected chi connectivity index (χ1v) is 6.12. The van der Waals surface area contributed by atoms with Crippen molar-refractivity contribution in [1.82, 2.24) is 0 Å². The number of ether oxygens (including phenoxy) is 1. The van der Waals surface area contributed by atoms with E-state index in [1.165, 1.54) is 0 Å². The van der Waals surface area contributed by atoms with E-state index in [4.69, 9.17) is 9.84 Å². The van der Waals surface area contributed by atoms with Crippen LogP contribution in [-0.2, 0) is 4.74 Å². The third-order valence-electron chi connectivity index (χ3n) is 2.37. The van der Waals surface area contributed by atoms with Crippen molar-refractivity contribution in [2.45, 2.75) is 19.4 Å². The van der Waals surface area contributed by atoms with Crippen LogP contribution >= 0.6 is 15.9 Å². The van der Waals surface area contributed by atoms with Gasteiger partial charge >= 0.3 is 5.97 Å². The number of halogens is 1. The van der Waals surface area contributed by atoms with Crippen LogP contribution in [0.4, 0.5) is 5.69 Å². The Morgan fingerprint density at radius 3 is 2.82 bits per heavy atom. The Bertz CT molecular complexity index is 395. The van der Waals surface area contributed by atoms with Gasteiger partial charge in [-0.2, -0.15) is 0 Å². The Morgan fingerprint density at radius 2 is 2.29 bits per heavy atom. The van der Waals surface area contributed by atoms with Crippen molar-refractivity contribution in [2.24, 2.45) is 0 Å². The number of carbonyl (C=O) groups is 1. The number of rotatable bonds is 6. The van der Waals surface area contributed by atoms with E-state index in [9.17, 15) is 4.79 Å². The van der Waals surface area contributed by atoms with Crippen LogP contribution in [0.5, 0.6) is 0 Å². The van der Waals surface area contributed by atoms with Crippen molar-refractivity contribution in [3.63, 3.8) is 0 Å². The average Bonchev–Trinajstić information content (AvgIpc) is 2.26. The Balaban J connectivity index is 2.67. The van der Waals surface area contributed by atoms with Crippen molar-refractivity contribution in [3.8, 4) is 0 Å². The summed E-state index contributed by atoms with van der Waals surface area (Å²) in [6.45, 7) is 2.75. The molecule has 0 aromatic heterocycles. The van der Waals surface area contributed by atoms with Gasteiger partial charge in [-0.05, 0) is 47.5 Å². The number of anilines is 1. The molecule has 1 aromatic carbocycles. The number of nitrogens with one attached hydrogen (secondary N) is 1. The minimum Gasteiger partial charge on any atom is -0.478 e. The zero-order valence-corrected chi connectivity index (χ0v) is 11.5. The lowest BCUT2D eigenvalue weighted by atomic mass is 10.2. The molecular weight excluding hydrogens is 286 g/mol. The van der Waals surface area contributed by atoms with Crippen LogP contribution in [0.2, 0.25) is 0 Å². The van der Waals surface area contributed by atoms with Crippen LogP contribution in [0.1, 0.15) is 23.7 Å². The van der Waals surface area contributed by atoms with Gasteiger partial charge < -0.3 is 15.2 Å². The van der Waals surface area contributed by atoms with Gasteiger partial charge in [-0.1, -0.05) is 0 Å². The molecule has 0 aliphatic rings.